The highest BCUT2D eigenvalue weighted by molar-refractivity contribution is 7.99. The molecule has 0 bridgehead atoms. The highest BCUT2D eigenvalue weighted by Gasteiger charge is 2.29. The Morgan fingerprint density at radius 1 is 1.03 bits per heavy atom. The number of benzene rings is 2. The number of hydrogen-bond acceptors (Lipinski definition) is 4. The monoisotopic (exact) mass is 460 g/mol. The van der Waals surface area contributed by atoms with Crippen LogP contribution in [0, 0.1) is 5.82 Å². The molecule has 0 unspecified atom stereocenters. The largest absolute Gasteiger partial charge is 0.497 e. The van der Waals surface area contributed by atoms with Crippen LogP contribution in [-0.4, -0.2) is 41.7 Å². The summed E-state index contributed by atoms with van der Waals surface area (Å²) < 4.78 is 18.5. The van der Waals surface area contributed by atoms with Crippen LogP contribution in [0.2, 0.25) is 0 Å². The van der Waals surface area contributed by atoms with Gasteiger partial charge < -0.3 is 15.0 Å². The van der Waals surface area contributed by atoms with Crippen LogP contribution in [0.5, 0.6) is 5.75 Å². The molecule has 0 aliphatic carbocycles. The summed E-state index contributed by atoms with van der Waals surface area (Å²) in [5, 5.41) is 2.99. The van der Waals surface area contributed by atoms with E-state index in [0.29, 0.717) is 12.2 Å². The van der Waals surface area contributed by atoms with Gasteiger partial charge in [0.25, 0.3) is 0 Å². The van der Waals surface area contributed by atoms with Crippen molar-refractivity contribution in [3.63, 3.8) is 0 Å². The predicted molar refractivity (Wildman–Crippen MR) is 128 cm³/mol. The maximum absolute atomic E-state index is 13.3. The van der Waals surface area contributed by atoms with Gasteiger partial charge in [-0.15, -0.1) is 11.8 Å². The fourth-order valence-electron chi connectivity index (χ4n) is 3.21. The standard InChI is InChI=1S/C25H33FN2O3S/c1-5-18(3)27-25(30)23(6-2)28(15-19-7-11-21(26)12-8-19)24(29)17-32-16-20-9-13-22(31-4)14-10-20/h7-14,18,23H,5-6,15-17H2,1-4H3,(H,27,30)/t18-,23+/m0/s1. The van der Waals surface area contributed by atoms with E-state index < -0.39 is 6.04 Å². The molecule has 0 saturated heterocycles. The molecular weight excluding hydrogens is 427 g/mol. The van der Waals surface area contributed by atoms with E-state index in [4.69, 9.17) is 4.74 Å². The van der Waals surface area contributed by atoms with E-state index in [-0.39, 0.29) is 36.0 Å². The van der Waals surface area contributed by atoms with Crippen LogP contribution in [-0.2, 0) is 21.9 Å². The third-order valence-electron chi connectivity index (χ3n) is 5.31. The lowest BCUT2D eigenvalue weighted by Gasteiger charge is -2.31. The summed E-state index contributed by atoms with van der Waals surface area (Å²) in [6.45, 7) is 6.11. The Bertz CT molecular complexity index is 858. The van der Waals surface area contributed by atoms with E-state index in [0.717, 1.165) is 23.3 Å². The van der Waals surface area contributed by atoms with Crippen LogP contribution in [0.3, 0.4) is 0 Å². The first-order valence-corrected chi connectivity index (χ1v) is 12.1. The minimum atomic E-state index is -0.580. The Morgan fingerprint density at radius 3 is 2.22 bits per heavy atom. The molecule has 0 radical (unpaired) electrons. The normalized spacial score (nSPS) is 12.7. The zero-order chi connectivity index (χ0) is 23.5. The van der Waals surface area contributed by atoms with Gasteiger partial charge in [0.05, 0.1) is 12.9 Å². The van der Waals surface area contributed by atoms with Gasteiger partial charge in [0.2, 0.25) is 11.8 Å². The van der Waals surface area contributed by atoms with E-state index in [1.807, 2.05) is 45.0 Å². The molecule has 32 heavy (non-hydrogen) atoms. The van der Waals surface area contributed by atoms with Crippen LogP contribution in [0.1, 0.15) is 44.7 Å². The summed E-state index contributed by atoms with van der Waals surface area (Å²) in [5.74, 6) is 1.12. The highest BCUT2D eigenvalue weighted by atomic mass is 32.2. The molecule has 174 valence electrons. The number of carbonyl (C=O) groups excluding carboxylic acids is 2. The number of amides is 2. The number of ether oxygens (including phenoxy) is 1. The molecule has 1 N–H and O–H groups in total. The summed E-state index contributed by atoms with van der Waals surface area (Å²) >= 11 is 1.50. The molecule has 0 aliphatic rings. The molecule has 0 aliphatic heterocycles. The fraction of sp³-hybridized carbons (Fsp3) is 0.440. The Balaban J connectivity index is 2.10. The number of methoxy groups -OCH3 is 1. The fourth-order valence-corrected chi connectivity index (χ4v) is 4.08. The Labute approximate surface area is 194 Å². The average molecular weight is 461 g/mol. The van der Waals surface area contributed by atoms with Crippen molar-refractivity contribution < 1.29 is 18.7 Å². The third-order valence-corrected chi connectivity index (χ3v) is 6.29. The van der Waals surface area contributed by atoms with Crippen LogP contribution in [0.15, 0.2) is 48.5 Å². The number of hydrogen-bond donors (Lipinski definition) is 1. The van der Waals surface area contributed by atoms with E-state index in [1.54, 1.807) is 24.1 Å². The Hall–Kier alpha value is -2.54. The number of rotatable bonds is 12. The van der Waals surface area contributed by atoms with E-state index in [2.05, 4.69) is 5.32 Å². The van der Waals surface area contributed by atoms with Crippen LogP contribution in [0.4, 0.5) is 4.39 Å². The van der Waals surface area contributed by atoms with Crippen LogP contribution >= 0.6 is 11.8 Å². The van der Waals surface area contributed by atoms with Gasteiger partial charge in [0, 0.05) is 18.3 Å². The first-order chi connectivity index (χ1) is 15.4. The minimum absolute atomic E-state index is 0.0313. The number of nitrogens with zero attached hydrogens (tertiary/aromatic N) is 1. The van der Waals surface area contributed by atoms with Crippen molar-refractivity contribution in [2.75, 3.05) is 12.9 Å². The van der Waals surface area contributed by atoms with Crippen molar-refractivity contribution in [2.45, 2.75) is 58.0 Å². The van der Waals surface area contributed by atoms with Crippen LogP contribution < -0.4 is 10.1 Å². The number of carbonyl (C=O) groups is 2. The minimum Gasteiger partial charge on any atom is -0.497 e. The smallest absolute Gasteiger partial charge is 0.243 e. The molecule has 0 saturated carbocycles. The van der Waals surface area contributed by atoms with Gasteiger partial charge >= 0.3 is 0 Å². The molecule has 0 spiro atoms. The summed E-state index contributed by atoms with van der Waals surface area (Å²) in [6, 6.07) is 13.2. The summed E-state index contributed by atoms with van der Waals surface area (Å²) in [6.07, 6.45) is 1.31. The molecular formula is C25H33FN2O3S. The second kappa shape index (κ2) is 13.1. The quantitative estimate of drug-likeness (QED) is 0.495. The maximum Gasteiger partial charge on any atom is 0.243 e. The van der Waals surface area contributed by atoms with Gasteiger partial charge in [-0.05, 0) is 55.2 Å². The molecule has 2 atom stereocenters. The van der Waals surface area contributed by atoms with E-state index in [1.165, 1.54) is 23.9 Å². The van der Waals surface area contributed by atoms with Crippen molar-refractivity contribution in [1.29, 1.82) is 0 Å². The average Bonchev–Trinajstić information content (AvgIpc) is 2.80. The topological polar surface area (TPSA) is 58.6 Å². The maximum atomic E-state index is 13.3. The molecule has 0 heterocycles. The molecule has 2 rings (SSSR count). The lowest BCUT2D eigenvalue weighted by atomic mass is 10.1. The molecule has 5 nitrogen and oxygen atoms in total. The molecule has 2 amide bonds. The van der Waals surface area contributed by atoms with Crippen molar-refractivity contribution in [1.82, 2.24) is 10.2 Å². The SMILES string of the molecule is CC[C@H](C(=O)N[C@@H](C)CC)N(Cc1ccc(F)cc1)C(=O)CSCc1ccc(OC)cc1. The van der Waals surface area contributed by atoms with E-state index in [9.17, 15) is 14.0 Å². The van der Waals surface area contributed by atoms with Gasteiger partial charge in [-0.1, -0.05) is 38.1 Å². The number of nitrogens with one attached hydrogen (secondary N) is 1. The lowest BCUT2D eigenvalue weighted by Crippen LogP contribution is -2.51. The van der Waals surface area contributed by atoms with Gasteiger partial charge in [-0.25, -0.2) is 4.39 Å². The van der Waals surface area contributed by atoms with Crippen molar-refractivity contribution >= 4 is 23.6 Å². The Morgan fingerprint density at radius 2 is 1.66 bits per heavy atom. The summed E-state index contributed by atoms with van der Waals surface area (Å²) in [7, 11) is 1.62. The molecule has 2 aromatic carbocycles. The highest BCUT2D eigenvalue weighted by Crippen LogP contribution is 2.19. The van der Waals surface area contributed by atoms with Crippen LogP contribution in [0.25, 0.3) is 0 Å². The van der Waals surface area contributed by atoms with E-state index >= 15 is 0 Å². The van der Waals surface area contributed by atoms with Crippen molar-refractivity contribution in [3.05, 3.63) is 65.5 Å². The zero-order valence-electron chi connectivity index (χ0n) is 19.3. The molecule has 0 fully saturated rings. The predicted octanol–water partition coefficient (Wildman–Crippen LogP) is 4.79. The van der Waals surface area contributed by atoms with Gasteiger partial charge in [-0.2, -0.15) is 0 Å². The zero-order valence-corrected chi connectivity index (χ0v) is 20.1. The summed E-state index contributed by atoms with van der Waals surface area (Å²) in [4.78, 5) is 27.7. The van der Waals surface area contributed by atoms with Gasteiger partial charge in [-0.3, -0.25) is 9.59 Å². The first-order valence-electron chi connectivity index (χ1n) is 10.9. The molecule has 2 aromatic rings. The molecule has 0 aromatic heterocycles. The third kappa shape index (κ3) is 7.86. The number of halogens is 1. The lowest BCUT2D eigenvalue weighted by molar-refractivity contribution is -0.139. The van der Waals surface area contributed by atoms with Gasteiger partial charge in [0.1, 0.15) is 17.6 Å². The second-order valence-corrected chi connectivity index (χ2v) is 8.72. The summed E-state index contributed by atoms with van der Waals surface area (Å²) in [5.41, 5.74) is 1.88. The first kappa shape index (κ1) is 25.7. The Kier molecular flexibility index (Phi) is 10.5. The molecule has 7 heteroatoms. The van der Waals surface area contributed by atoms with Gasteiger partial charge in [0.15, 0.2) is 0 Å². The second-order valence-electron chi connectivity index (χ2n) is 7.73. The van der Waals surface area contributed by atoms with Crippen molar-refractivity contribution in [3.8, 4) is 5.75 Å². The van der Waals surface area contributed by atoms with Crippen molar-refractivity contribution in [2.24, 2.45) is 0 Å². The number of thioether (sulfide) groups is 1.